The van der Waals surface area contributed by atoms with Crippen molar-refractivity contribution in [3.8, 4) is 0 Å². The minimum absolute atomic E-state index is 0.124. The molecule has 0 bridgehead atoms. The maximum Gasteiger partial charge on any atom is 0.354 e. The number of hydrogen-bond donors (Lipinski definition) is 1. The Morgan fingerprint density at radius 1 is 1.56 bits per heavy atom. The molecule has 6 heteroatoms. The topological polar surface area (TPSA) is 67.5 Å². The number of aromatic carboxylic acids is 1. The molecule has 0 aliphatic rings. The van der Waals surface area contributed by atoms with Crippen molar-refractivity contribution in [3.63, 3.8) is 0 Å². The molecule has 0 aliphatic carbocycles. The molecule has 0 spiro atoms. The van der Waals surface area contributed by atoms with Crippen LogP contribution in [0.15, 0.2) is 16.7 Å². The lowest BCUT2D eigenvalue weighted by molar-refractivity contribution is 0.0687. The van der Waals surface area contributed by atoms with Crippen LogP contribution >= 0.6 is 15.9 Å². The highest BCUT2D eigenvalue weighted by atomic mass is 79.9. The molecule has 0 saturated heterocycles. The molecular weight excluding hydrogens is 274 g/mol. The van der Waals surface area contributed by atoms with Crippen LogP contribution in [0.25, 0.3) is 5.65 Å². The van der Waals surface area contributed by atoms with Gasteiger partial charge in [-0.05, 0) is 27.9 Å². The average Bonchev–Trinajstić information content (AvgIpc) is 2.59. The Bertz CT molecular complexity index is 562. The standard InChI is InChI=1S/C10H10BrN3O2/c1-5(2)7-3-8(10(15)16)14-9(13-7)6(11)4-12-14/h3-5H,1-2H3,(H,15,16). The molecule has 0 saturated carbocycles. The van der Waals surface area contributed by atoms with E-state index < -0.39 is 5.97 Å². The third-order valence-corrected chi connectivity index (χ3v) is 2.82. The van der Waals surface area contributed by atoms with Gasteiger partial charge in [0.15, 0.2) is 11.3 Å². The molecule has 16 heavy (non-hydrogen) atoms. The SMILES string of the molecule is CC(C)c1cc(C(=O)O)n2ncc(Br)c2n1. The quantitative estimate of drug-likeness (QED) is 0.918. The van der Waals surface area contributed by atoms with Gasteiger partial charge in [-0.15, -0.1) is 0 Å². The highest BCUT2D eigenvalue weighted by Gasteiger charge is 2.16. The Balaban J connectivity index is 2.81. The molecule has 0 unspecified atom stereocenters. The predicted molar refractivity (Wildman–Crippen MR) is 61.7 cm³/mol. The van der Waals surface area contributed by atoms with E-state index in [0.29, 0.717) is 10.1 Å². The Labute approximate surface area is 100 Å². The molecule has 2 aromatic heterocycles. The second kappa shape index (κ2) is 3.86. The third kappa shape index (κ3) is 1.69. The first kappa shape index (κ1) is 11.1. The number of carbonyl (C=O) groups is 1. The average molecular weight is 284 g/mol. The molecule has 2 heterocycles. The summed E-state index contributed by atoms with van der Waals surface area (Å²) in [6.45, 7) is 3.93. The van der Waals surface area contributed by atoms with Gasteiger partial charge >= 0.3 is 5.97 Å². The van der Waals surface area contributed by atoms with E-state index in [0.717, 1.165) is 5.69 Å². The summed E-state index contributed by atoms with van der Waals surface area (Å²) in [5.41, 5.74) is 1.40. The molecule has 0 fully saturated rings. The first-order valence-electron chi connectivity index (χ1n) is 4.78. The maximum atomic E-state index is 11.1. The van der Waals surface area contributed by atoms with Crippen LogP contribution in [0, 0.1) is 0 Å². The fraction of sp³-hybridized carbons (Fsp3) is 0.300. The summed E-state index contributed by atoms with van der Waals surface area (Å²) < 4.78 is 2.01. The third-order valence-electron chi connectivity index (χ3n) is 2.26. The second-order valence-electron chi connectivity index (χ2n) is 3.75. The van der Waals surface area contributed by atoms with Crippen LogP contribution in [0.2, 0.25) is 0 Å². The molecule has 1 N–H and O–H groups in total. The number of halogens is 1. The molecule has 0 aliphatic heterocycles. The molecule has 0 radical (unpaired) electrons. The second-order valence-corrected chi connectivity index (χ2v) is 4.61. The van der Waals surface area contributed by atoms with E-state index in [4.69, 9.17) is 5.11 Å². The monoisotopic (exact) mass is 283 g/mol. The van der Waals surface area contributed by atoms with E-state index in [2.05, 4.69) is 26.0 Å². The molecule has 2 rings (SSSR count). The number of nitrogens with zero attached hydrogens (tertiary/aromatic N) is 3. The summed E-state index contributed by atoms with van der Waals surface area (Å²) in [6, 6.07) is 1.56. The van der Waals surface area contributed by atoms with Gasteiger partial charge in [0.25, 0.3) is 0 Å². The lowest BCUT2D eigenvalue weighted by Crippen LogP contribution is -2.09. The Kier molecular flexibility index (Phi) is 2.67. The first-order chi connectivity index (χ1) is 7.50. The fourth-order valence-corrected chi connectivity index (χ4v) is 1.75. The Hall–Kier alpha value is -1.43. The van der Waals surface area contributed by atoms with Crippen molar-refractivity contribution in [2.24, 2.45) is 0 Å². The number of aromatic nitrogens is 3. The summed E-state index contributed by atoms with van der Waals surface area (Å²) in [5, 5.41) is 13.1. The summed E-state index contributed by atoms with van der Waals surface area (Å²) >= 11 is 3.29. The van der Waals surface area contributed by atoms with Crippen molar-refractivity contribution in [3.05, 3.63) is 28.1 Å². The molecule has 2 aromatic rings. The highest BCUT2D eigenvalue weighted by Crippen LogP contribution is 2.21. The van der Waals surface area contributed by atoms with Crippen LogP contribution < -0.4 is 0 Å². The van der Waals surface area contributed by atoms with E-state index in [1.54, 1.807) is 12.3 Å². The first-order valence-corrected chi connectivity index (χ1v) is 5.57. The summed E-state index contributed by atoms with van der Waals surface area (Å²) in [4.78, 5) is 15.5. The summed E-state index contributed by atoms with van der Waals surface area (Å²) in [5.74, 6) is -0.838. The predicted octanol–water partition coefficient (Wildman–Crippen LogP) is 2.31. The number of fused-ring (bicyclic) bond motifs is 1. The van der Waals surface area contributed by atoms with Gasteiger partial charge in [0.1, 0.15) is 0 Å². The van der Waals surface area contributed by atoms with Gasteiger partial charge in [0, 0.05) is 5.69 Å². The van der Waals surface area contributed by atoms with Crippen LogP contribution in [0.5, 0.6) is 0 Å². The van der Waals surface area contributed by atoms with Crippen molar-refractivity contribution in [2.45, 2.75) is 19.8 Å². The van der Waals surface area contributed by atoms with E-state index in [1.165, 1.54) is 4.52 Å². The lowest BCUT2D eigenvalue weighted by Gasteiger charge is -2.07. The zero-order valence-corrected chi connectivity index (χ0v) is 10.4. The van der Waals surface area contributed by atoms with E-state index in [1.807, 2.05) is 13.8 Å². The van der Waals surface area contributed by atoms with Crippen LogP contribution in [-0.4, -0.2) is 25.7 Å². The van der Waals surface area contributed by atoms with E-state index in [9.17, 15) is 4.79 Å². The summed E-state index contributed by atoms with van der Waals surface area (Å²) in [7, 11) is 0. The van der Waals surface area contributed by atoms with Crippen molar-refractivity contribution in [2.75, 3.05) is 0 Å². The largest absolute Gasteiger partial charge is 0.477 e. The minimum atomic E-state index is -1.01. The zero-order valence-electron chi connectivity index (χ0n) is 8.81. The highest BCUT2D eigenvalue weighted by molar-refractivity contribution is 9.10. The van der Waals surface area contributed by atoms with Crippen LogP contribution in [0.4, 0.5) is 0 Å². The Morgan fingerprint density at radius 3 is 2.81 bits per heavy atom. The number of rotatable bonds is 2. The van der Waals surface area contributed by atoms with E-state index >= 15 is 0 Å². The molecular formula is C10H10BrN3O2. The molecule has 5 nitrogen and oxygen atoms in total. The van der Waals surface area contributed by atoms with Gasteiger partial charge in [-0.1, -0.05) is 13.8 Å². The fourth-order valence-electron chi connectivity index (χ4n) is 1.40. The lowest BCUT2D eigenvalue weighted by atomic mass is 10.1. The van der Waals surface area contributed by atoms with Gasteiger partial charge in [0.2, 0.25) is 0 Å². The number of carboxylic acid groups (broad SMARTS) is 1. The van der Waals surface area contributed by atoms with Crippen molar-refractivity contribution < 1.29 is 9.90 Å². The number of carboxylic acids is 1. The van der Waals surface area contributed by atoms with E-state index in [-0.39, 0.29) is 11.6 Å². The number of hydrogen-bond acceptors (Lipinski definition) is 3. The summed E-state index contributed by atoms with van der Waals surface area (Å²) in [6.07, 6.45) is 1.54. The minimum Gasteiger partial charge on any atom is -0.477 e. The van der Waals surface area contributed by atoms with Crippen LogP contribution in [-0.2, 0) is 0 Å². The van der Waals surface area contributed by atoms with Gasteiger partial charge in [-0.2, -0.15) is 5.10 Å². The normalized spacial score (nSPS) is 11.2. The molecule has 84 valence electrons. The molecule has 0 atom stereocenters. The van der Waals surface area contributed by atoms with Crippen molar-refractivity contribution in [1.82, 2.24) is 14.6 Å². The van der Waals surface area contributed by atoms with Crippen LogP contribution in [0.3, 0.4) is 0 Å². The van der Waals surface area contributed by atoms with Crippen LogP contribution in [0.1, 0.15) is 35.9 Å². The smallest absolute Gasteiger partial charge is 0.354 e. The zero-order chi connectivity index (χ0) is 11.9. The molecule has 0 aromatic carbocycles. The van der Waals surface area contributed by atoms with Gasteiger partial charge in [-0.3, -0.25) is 0 Å². The van der Waals surface area contributed by atoms with Gasteiger partial charge in [-0.25, -0.2) is 14.3 Å². The van der Waals surface area contributed by atoms with Gasteiger partial charge in [0.05, 0.1) is 10.7 Å². The van der Waals surface area contributed by atoms with Gasteiger partial charge < -0.3 is 5.11 Å². The maximum absolute atomic E-state index is 11.1. The molecule has 0 amide bonds. The van der Waals surface area contributed by atoms with Crippen molar-refractivity contribution >= 4 is 27.5 Å². The van der Waals surface area contributed by atoms with Crippen molar-refractivity contribution in [1.29, 1.82) is 0 Å². The Morgan fingerprint density at radius 2 is 2.25 bits per heavy atom.